The minimum Gasteiger partial charge on any atom is -0.382 e. The largest absolute Gasteiger partial charge is 0.382 e. The molecular formula is C12H22O2. The normalized spacial score (nSPS) is 19.9. The molecular weight excluding hydrogens is 176 g/mol. The Morgan fingerprint density at radius 1 is 1.21 bits per heavy atom. The van der Waals surface area contributed by atoms with Crippen LogP contribution in [0.3, 0.4) is 0 Å². The maximum absolute atomic E-state index is 11.7. The monoisotopic (exact) mass is 198 g/mol. The number of hydrogen-bond donors (Lipinski definition) is 1. The summed E-state index contributed by atoms with van der Waals surface area (Å²) in [5.74, 6) is 0.0890. The van der Waals surface area contributed by atoms with E-state index in [9.17, 15) is 9.90 Å². The van der Waals surface area contributed by atoms with Gasteiger partial charge in [-0.15, -0.1) is 0 Å². The standard InChI is InChI=1S/C12H22O2/c1-2-3-4-5-8-11(13)12(14)9-6-7-10-12/h14H,2-10H2,1H3. The van der Waals surface area contributed by atoms with E-state index in [-0.39, 0.29) is 5.78 Å². The van der Waals surface area contributed by atoms with E-state index in [1.165, 1.54) is 12.8 Å². The number of carbonyl (C=O) groups excluding carboxylic acids is 1. The molecule has 0 spiro atoms. The van der Waals surface area contributed by atoms with Crippen LogP contribution >= 0.6 is 0 Å². The molecule has 1 aliphatic rings. The highest BCUT2D eigenvalue weighted by molar-refractivity contribution is 5.87. The first-order chi connectivity index (χ1) is 6.69. The fraction of sp³-hybridized carbons (Fsp3) is 0.917. The quantitative estimate of drug-likeness (QED) is 0.666. The van der Waals surface area contributed by atoms with Crippen molar-refractivity contribution in [2.24, 2.45) is 0 Å². The van der Waals surface area contributed by atoms with E-state index in [1.807, 2.05) is 0 Å². The van der Waals surface area contributed by atoms with E-state index >= 15 is 0 Å². The second-order valence-corrected chi connectivity index (χ2v) is 4.47. The van der Waals surface area contributed by atoms with E-state index in [0.29, 0.717) is 19.3 Å². The number of ketones is 1. The van der Waals surface area contributed by atoms with Crippen molar-refractivity contribution in [3.05, 3.63) is 0 Å². The van der Waals surface area contributed by atoms with E-state index in [0.717, 1.165) is 25.7 Å². The Hall–Kier alpha value is -0.370. The summed E-state index contributed by atoms with van der Waals surface area (Å²) in [6.45, 7) is 2.16. The van der Waals surface area contributed by atoms with Crippen LogP contribution < -0.4 is 0 Å². The Kier molecular flexibility index (Phi) is 4.59. The second kappa shape index (κ2) is 5.50. The molecule has 0 aromatic carbocycles. The molecule has 1 aliphatic carbocycles. The molecule has 0 aromatic heterocycles. The van der Waals surface area contributed by atoms with Gasteiger partial charge in [-0.3, -0.25) is 4.79 Å². The number of rotatable bonds is 6. The van der Waals surface area contributed by atoms with Gasteiger partial charge in [0.2, 0.25) is 0 Å². The summed E-state index contributed by atoms with van der Waals surface area (Å²) < 4.78 is 0. The van der Waals surface area contributed by atoms with Crippen LogP contribution in [-0.4, -0.2) is 16.5 Å². The first kappa shape index (κ1) is 11.7. The minimum atomic E-state index is -0.938. The molecule has 1 N–H and O–H groups in total. The minimum absolute atomic E-state index is 0.0890. The average molecular weight is 198 g/mol. The number of carbonyl (C=O) groups is 1. The summed E-state index contributed by atoms with van der Waals surface area (Å²) >= 11 is 0. The van der Waals surface area contributed by atoms with Crippen LogP contribution in [-0.2, 0) is 4.79 Å². The Morgan fingerprint density at radius 2 is 1.86 bits per heavy atom. The summed E-state index contributed by atoms with van der Waals surface area (Å²) in [4.78, 5) is 11.7. The summed E-state index contributed by atoms with van der Waals surface area (Å²) in [6.07, 6.45) is 8.46. The highest BCUT2D eigenvalue weighted by Crippen LogP contribution is 2.31. The summed E-state index contributed by atoms with van der Waals surface area (Å²) in [7, 11) is 0. The molecule has 0 amide bonds. The third-order valence-corrected chi connectivity index (χ3v) is 3.21. The van der Waals surface area contributed by atoms with Crippen molar-refractivity contribution < 1.29 is 9.90 Å². The maximum Gasteiger partial charge on any atom is 0.164 e. The van der Waals surface area contributed by atoms with E-state index in [1.54, 1.807) is 0 Å². The number of unbranched alkanes of at least 4 members (excludes halogenated alkanes) is 3. The van der Waals surface area contributed by atoms with Gasteiger partial charge in [0, 0.05) is 6.42 Å². The second-order valence-electron chi connectivity index (χ2n) is 4.47. The maximum atomic E-state index is 11.7. The van der Waals surface area contributed by atoms with Crippen LogP contribution in [0.15, 0.2) is 0 Å². The first-order valence-electron chi connectivity index (χ1n) is 5.95. The third kappa shape index (κ3) is 3.09. The van der Waals surface area contributed by atoms with Crippen molar-refractivity contribution in [2.45, 2.75) is 70.3 Å². The van der Waals surface area contributed by atoms with Crippen molar-refractivity contribution in [1.82, 2.24) is 0 Å². The van der Waals surface area contributed by atoms with Gasteiger partial charge in [0.05, 0.1) is 0 Å². The van der Waals surface area contributed by atoms with Crippen molar-refractivity contribution >= 4 is 5.78 Å². The lowest BCUT2D eigenvalue weighted by molar-refractivity contribution is -0.136. The molecule has 0 atom stereocenters. The summed E-state index contributed by atoms with van der Waals surface area (Å²) in [5, 5.41) is 9.97. The highest BCUT2D eigenvalue weighted by atomic mass is 16.3. The van der Waals surface area contributed by atoms with Crippen molar-refractivity contribution in [3.8, 4) is 0 Å². The van der Waals surface area contributed by atoms with Crippen LogP contribution in [0.5, 0.6) is 0 Å². The van der Waals surface area contributed by atoms with Crippen molar-refractivity contribution in [1.29, 1.82) is 0 Å². The SMILES string of the molecule is CCCCCCC(=O)C1(O)CCCC1. The van der Waals surface area contributed by atoms with Gasteiger partial charge in [-0.2, -0.15) is 0 Å². The van der Waals surface area contributed by atoms with Crippen LogP contribution in [0.2, 0.25) is 0 Å². The average Bonchev–Trinajstić information content (AvgIpc) is 2.61. The molecule has 2 heteroatoms. The Balaban J connectivity index is 2.20. The summed E-state index contributed by atoms with van der Waals surface area (Å²) in [6, 6.07) is 0. The Labute approximate surface area is 86.7 Å². The molecule has 0 bridgehead atoms. The number of Topliss-reactive ketones (excluding diaryl/α,β-unsaturated/α-hetero) is 1. The number of aliphatic hydroxyl groups is 1. The highest BCUT2D eigenvalue weighted by Gasteiger charge is 2.37. The molecule has 1 saturated carbocycles. The number of hydrogen-bond acceptors (Lipinski definition) is 2. The van der Waals surface area contributed by atoms with E-state index in [2.05, 4.69) is 6.92 Å². The zero-order chi connectivity index (χ0) is 10.4. The van der Waals surface area contributed by atoms with Gasteiger partial charge in [-0.05, 0) is 32.1 Å². The molecule has 1 fully saturated rings. The van der Waals surface area contributed by atoms with Crippen LogP contribution in [0.1, 0.15) is 64.7 Å². The van der Waals surface area contributed by atoms with Gasteiger partial charge in [0.25, 0.3) is 0 Å². The Bertz CT molecular complexity index is 181. The smallest absolute Gasteiger partial charge is 0.164 e. The zero-order valence-electron chi connectivity index (χ0n) is 9.22. The zero-order valence-corrected chi connectivity index (χ0v) is 9.22. The van der Waals surface area contributed by atoms with Gasteiger partial charge in [-0.25, -0.2) is 0 Å². The van der Waals surface area contributed by atoms with Crippen LogP contribution in [0.25, 0.3) is 0 Å². The van der Waals surface area contributed by atoms with Gasteiger partial charge in [-0.1, -0.05) is 26.2 Å². The van der Waals surface area contributed by atoms with Crippen LogP contribution in [0, 0.1) is 0 Å². The van der Waals surface area contributed by atoms with Gasteiger partial charge >= 0.3 is 0 Å². The molecule has 1 rings (SSSR count). The first-order valence-corrected chi connectivity index (χ1v) is 5.95. The molecule has 2 nitrogen and oxygen atoms in total. The molecule has 0 radical (unpaired) electrons. The van der Waals surface area contributed by atoms with Crippen molar-refractivity contribution in [3.63, 3.8) is 0 Å². The van der Waals surface area contributed by atoms with E-state index in [4.69, 9.17) is 0 Å². The fourth-order valence-corrected chi connectivity index (χ4v) is 2.18. The Morgan fingerprint density at radius 3 is 2.43 bits per heavy atom. The molecule has 82 valence electrons. The molecule has 0 heterocycles. The van der Waals surface area contributed by atoms with Gasteiger partial charge < -0.3 is 5.11 Å². The molecule has 0 aliphatic heterocycles. The molecule has 14 heavy (non-hydrogen) atoms. The van der Waals surface area contributed by atoms with Crippen LogP contribution in [0.4, 0.5) is 0 Å². The topological polar surface area (TPSA) is 37.3 Å². The molecule has 0 aromatic rings. The predicted molar refractivity (Wildman–Crippen MR) is 57.2 cm³/mol. The van der Waals surface area contributed by atoms with Gasteiger partial charge in [0.15, 0.2) is 5.78 Å². The lowest BCUT2D eigenvalue weighted by atomic mass is 9.93. The lowest BCUT2D eigenvalue weighted by Gasteiger charge is -2.19. The van der Waals surface area contributed by atoms with Crippen molar-refractivity contribution in [2.75, 3.05) is 0 Å². The third-order valence-electron chi connectivity index (χ3n) is 3.21. The summed E-state index contributed by atoms with van der Waals surface area (Å²) in [5.41, 5.74) is -0.938. The molecule has 0 saturated heterocycles. The predicted octanol–water partition coefficient (Wildman–Crippen LogP) is 2.83. The lowest BCUT2D eigenvalue weighted by Crippen LogP contribution is -2.35. The molecule has 0 unspecified atom stereocenters. The van der Waals surface area contributed by atoms with E-state index < -0.39 is 5.60 Å². The van der Waals surface area contributed by atoms with Gasteiger partial charge in [0.1, 0.15) is 5.60 Å². The fourth-order valence-electron chi connectivity index (χ4n) is 2.18.